The summed E-state index contributed by atoms with van der Waals surface area (Å²) >= 11 is 0. The van der Waals surface area contributed by atoms with Crippen LogP contribution in [0.15, 0.2) is 18.2 Å². The van der Waals surface area contributed by atoms with E-state index >= 15 is 0 Å². The van der Waals surface area contributed by atoms with Gasteiger partial charge in [-0.05, 0) is 30.2 Å². The summed E-state index contributed by atoms with van der Waals surface area (Å²) in [6.07, 6.45) is 1.11. The van der Waals surface area contributed by atoms with Crippen LogP contribution >= 0.6 is 0 Å². The third-order valence-electron chi connectivity index (χ3n) is 3.76. The van der Waals surface area contributed by atoms with Gasteiger partial charge in [-0.3, -0.25) is 9.59 Å². The molecule has 2 aliphatic heterocycles. The van der Waals surface area contributed by atoms with Crippen molar-refractivity contribution in [2.24, 2.45) is 11.7 Å². The molecule has 0 bridgehead atoms. The summed E-state index contributed by atoms with van der Waals surface area (Å²) in [6.45, 7) is 1.93. The summed E-state index contributed by atoms with van der Waals surface area (Å²) < 4.78 is 0. The number of hydrogen-bond acceptors (Lipinski definition) is 4. The van der Waals surface area contributed by atoms with E-state index in [0.717, 1.165) is 23.2 Å². The topological polar surface area (TPSA) is 75.4 Å². The first-order valence-electron chi connectivity index (χ1n) is 6.60. The largest absolute Gasteiger partial charge is 0.330 e. The molecule has 2 amide bonds. The molecule has 1 fully saturated rings. The summed E-state index contributed by atoms with van der Waals surface area (Å²) in [5.41, 5.74) is 8.35. The van der Waals surface area contributed by atoms with E-state index in [-0.39, 0.29) is 17.7 Å². The molecule has 1 saturated heterocycles. The fourth-order valence-corrected chi connectivity index (χ4v) is 2.58. The molecular formula is C14H17N3O2. The second-order valence-electron chi connectivity index (χ2n) is 5.10. The quantitative estimate of drug-likeness (QED) is 0.739. The molecule has 1 aromatic rings. The monoisotopic (exact) mass is 259 g/mol. The zero-order valence-electron chi connectivity index (χ0n) is 10.7. The van der Waals surface area contributed by atoms with Crippen LogP contribution in [0.4, 0.5) is 5.69 Å². The van der Waals surface area contributed by atoms with Gasteiger partial charge in [0.05, 0.1) is 18.0 Å². The molecule has 5 nitrogen and oxygen atoms in total. The molecule has 100 valence electrons. The predicted molar refractivity (Wildman–Crippen MR) is 71.8 cm³/mol. The Morgan fingerprint density at radius 3 is 2.84 bits per heavy atom. The molecule has 1 aromatic carbocycles. The first-order valence-corrected chi connectivity index (χ1v) is 6.60. The fourth-order valence-electron chi connectivity index (χ4n) is 2.58. The highest BCUT2D eigenvalue weighted by Gasteiger charge is 2.38. The molecule has 0 saturated carbocycles. The average Bonchev–Trinajstić information content (AvgIpc) is 2.62. The summed E-state index contributed by atoms with van der Waals surface area (Å²) in [4.78, 5) is 25.7. The number of carbonyl (C=O) groups excluding carboxylic acids is 2. The van der Waals surface area contributed by atoms with Crippen molar-refractivity contribution in [3.63, 3.8) is 0 Å². The zero-order valence-corrected chi connectivity index (χ0v) is 10.7. The van der Waals surface area contributed by atoms with Crippen molar-refractivity contribution in [1.82, 2.24) is 5.32 Å². The van der Waals surface area contributed by atoms with Crippen molar-refractivity contribution in [3.8, 4) is 0 Å². The maximum absolute atomic E-state index is 12.3. The third-order valence-corrected chi connectivity index (χ3v) is 3.76. The number of rotatable bonds is 3. The zero-order chi connectivity index (χ0) is 13.4. The maximum Gasteiger partial charge on any atom is 0.239 e. The Morgan fingerprint density at radius 2 is 2.21 bits per heavy atom. The lowest BCUT2D eigenvalue weighted by Gasteiger charge is -2.29. The Hall–Kier alpha value is -1.72. The lowest BCUT2D eigenvalue weighted by Crippen LogP contribution is -2.52. The van der Waals surface area contributed by atoms with E-state index in [1.807, 2.05) is 18.2 Å². The van der Waals surface area contributed by atoms with Crippen LogP contribution in [0, 0.1) is 5.92 Å². The number of nitrogens with two attached hydrogens (primary N) is 1. The minimum absolute atomic E-state index is 0.0568. The van der Waals surface area contributed by atoms with Gasteiger partial charge in [-0.1, -0.05) is 12.1 Å². The minimum Gasteiger partial charge on any atom is -0.330 e. The van der Waals surface area contributed by atoms with E-state index in [1.54, 1.807) is 0 Å². The molecule has 2 heterocycles. The van der Waals surface area contributed by atoms with Gasteiger partial charge < -0.3 is 11.1 Å². The highest BCUT2D eigenvalue weighted by atomic mass is 16.2. The number of imide groups is 1. The van der Waals surface area contributed by atoms with E-state index in [0.29, 0.717) is 26.1 Å². The molecular weight excluding hydrogens is 242 g/mol. The Labute approximate surface area is 111 Å². The van der Waals surface area contributed by atoms with Crippen LogP contribution in [-0.2, 0) is 22.4 Å². The van der Waals surface area contributed by atoms with Gasteiger partial charge in [0, 0.05) is 13.1 Å². The summed E-state index contributed by atoms with van der Waals surface area (Å²) in [5.74, 6) is -0.246. The Balaban J connectivity index is 1.89. The van der Waals surface area contributed by atoms with Gasteiger partial charge in [0.1, 0.15) is 0 Å². The van der Waals surface area contributed by atoms with Crippen LogP contribution in [0.25, 0.3) is 0 Å². The molecule has 0 atom stereocenters. The molecule has 3 rings (SSSR count). The van der Waals surface area contributed by atoms with E-state index in [4.69, 9.17) is 5.73 Å². The number of amides is 2. The predicted octanol–water partition coefficient (Wildman–Crippen LogP) is -0.177. The Morgan fingerprint density at radius 1 is 1.42 bits per heavy atom. The number of nitrogens with zero attached hydrogens (tertiary/aromatic N) is 1. The average molecular weight is 259 g/mol. The molecule has 5 heteroatoms. The molecule has 19 heavy (non-hydrogen) atoms. The molecule has 0 spiro atoms. The molecule has 0 aliphatic carbocycles. The van der Waals surface area contributed by atoms with Gasteiger partial charge in [-0.25, -0.2) is 4.90 Å². The van der Waals surface area contributed by atoms with Crippen LogP contribution in [0.5, 0.6) is 0 Å². The van der Waals surface area contributed by atoms with Gasteiger partial charge in [0.15, 0.2) is 0 Å². The highest BCUT2D eigenvalue weighted by molar-refractivity contribution is 6.20. The first-order chi connectivity index (χ1) is 9.20. The van der Waals surface area contributed by atoms with Gasteiger partial charge in [0.25, 0.3) is 0 Å². The fraction of sp³-hybridized carbons (Fsp3) is 0.429. The second kappa shape index (κ2) is 4.75. The SMILES string of the molecule is NCCc1ccc2c(c1)CC(=O)N2C(=O)C1CNC1. The van der Waals surface area contributed by atoms with Crippen LogP contribution < -0.4 is 16.0 Å². The normalized spacial score (nSPS) is 18.4. The van der Waals surface area contributed by atoms with Gasteiger partial charge in [-0.2, -0.15) is 0 Å². The smallest absolute Gasteiger partial charge is 0.239 e. The van der Waals surface area contributed by atoms with Crippen molar-refractivity contribution >= 4 is 17.5 Å². The van der Waals surface area contributed by atoms with Crippen molar-refractivity contribution in [2.45, 2.75) is 12.8 Å². The van der Waals surface area contributed by atoms with Crippen LogP contribution in [0.2, 0.25) is 0 Å². The maximum atomic E-state index is 12.3. The molecule has 0 aromatic heterocycles. The summed E-state index contributed by atoms with van der Waals surface area (Å²) in [6, 6.07) is 5.81. The molecule has 2 aliphatic rings. The Bertz CT molecular complexity index is 537. The molecule has 0 radical (unpaired) electrons. The lowest BCUT2D eigenvalue weighted by atomic mass is 10.0. The van der Waals surface area contributed by atoms with Gasteiger partial charge >= 0.3 is 0 Å². The standard InChI is InChI=1S/C14H17N3O2/c15-4-3-9-1-2-12-10(5-9)6-13(18)17(12)14(19)11-7-16-8-11/h1-2,5,11,16H,3-4,6-8,15H2. The van der Waals surface area contributed by atoms with Crippen LogP contribution in [-0.4, -0.2) is 31.4 Å². The lowest BCUT2D eigenvalue weighted by molar-refractivity contribution is -0.129. The number of hydrogen-bond donors (Lipinski definition) is 2. The van der Waals surface area contributed by atoms with Crippen molar-refractivity contribution in [3.05, 3.63) is 29.3 Å². The third kappa shape index (κ3) is 2.05. The van der Waals surface area contributed by atoms with E-state index in [1.165, 1.54) is 4.90 Å². The van der Waals surface area contributed by atoms with E-state index in [2.05, 4.69) is 5.32 Å². The van der Waals surface area contributed by atoms with Crippen LogP contribution in [0.1, 0.15) is 11.1 Å². The van der Waals surface area contributed by atoms with Crippen molar-refractivity contribution in [1.29, 1.82) is 0 Å². The number of anilines is 1. The van der Waals surface area contributed by atoms with Crippen LogP contribution in [0.3, 0.4) is 0 Å². The second-order valence-corrected chi connectivity index (χ2v) is 5.10. The summed E-state index contributed by atoms with van der Waals surface area (Å²) in [7, 11) is 0. The molecule has 3 N–H and O–H groups in total. The number of benzene rings is 1. The molecule has 0 unspecified atom stereocenters. The Kier molecular flexibility index (Phi) is 3.08. The van der Waals surface area contributed by atoms with E-state index < -0.39 is 0 Å². The van der Waals surface area contributed by atoms with E-state index in [9.17, 15) is 9.59 Å². The van der Waals surface area contributed by atoms with Crippen molar-refractivity contribution in [2.75, 3.05) is 24.5 Å². The van der Waals surface area contributed by atoms with Crippen molar-refractivity contribution < 1.29 is 9.59 Å². The minimum atomic E-state index is -0.114. The summed E-state index contributed by atoms with van der Waals surface area (Å²) in [5, 5.41) is 3.06. The van der Waals surface area contributed by atoms with Gasteiger partial charge in [-0.15, -0.1) is 0 Å². The highest BCUT2D eigenvalue weighted by Crippen LogP contribution is 2.31. The number of carbonyl (C=O) groups is 2. The number of fused-ring (bicyclic) bond motifs is 1. The van der Waals surface area contributed by atoms with Gasteiger partial charge in [0.2, 0.25) is 11.8 Å². The number of nitrogens with one attached hydrogen (secondary N) is 1. The first kappa shape index (κ1) is 12.3.